The maximum atomic E-state index is 13.2. The van der Waals surface area contributed by atoms with Gasteiger partial charge in [0.2, 0.25) is 5.82 Å². The Bertz CT molecular complexity index is 1980. The van der Waals surface area contributed by atoms with E-state index in [1.165, 1.54) is 27.7 Å². The van der Waals surface area contributed by atoms with E-state index < -0.39 is 0 Å². The average molecular weight is 581 g/mol. The first-order chi connectivity index (χ1) is 21.5. The van der Waals surface area contributed by atoms with Crippen molar-refractivity contribution in [2.75, 3.05) is 18.4 Å². The molecule has 0 spiro atoms. The molecule has 44 heavy (non-hydrogen) atoms. The van der Waals surface area contributed by atoms with E-state index >= 15 is 0 Å². The molecule has 1 aliphatic heterocycles. The van der Waals surface area contributed by atoms with Crippen molar-refractivity contribution < 1.29 is 4.79 Å². The summed E-state index contributed by atoms with van der Waals surface area (Å²) in [6, 6.07) is 28.4. The molecule has 0 atom stereocenters. The van der Waals surface area contributed by atoms with Crippen LogP contribution in [-0.4, -0.2) is 54.1 Å². The van der Waals surface area contributed by atoms with Crippen molar-refractivity contribution in [2.45, 2.75) is 33.2 Å². The fourth-order valence-corrected chi connectivity index (χ4v) is 5.62. The number of hydrogen-bond acceptors (Lipinski definition) is 7. The van der Waals surface area contributed by atoms with Crippen molar-refractivity contribution >= 4 is 22.6 Å². The van der Waals surface area contributed by atoms with Gasteiger partial charge in [-0.1, -0.05) is 48.5 Å². The van der Waals surface area contributed by atoms with Crippen molar-refractivity contribution in [3.63, 3.8) is 0 Å². The standard InChI is InChI=1S/C35H32N8O/c1-23-19-29(32(20-24(23)2)38-35(44)33-21-36-30-9-5-6-10-31(30)37-33)34-39-41-43(40-34)28-13-11-25(12-14-28)15-17-42-18-16-26-7-3-4-8-27(26)22-42/h3-14,19-21H,15-18,22H2,1-2H3,(H,38,44). The second-order valence-electron chi connectivity index (χ2n) is 11.3. The minimum absolute atomic E-state index is 0.231. The Kier molecular flexibility index (Phi) is 7.37. The van der Waals surface area contributed by atoms with E-state index in [0.717, 1.165) is 54.8 Å². The van der Waals surface area contributed by atoms with E-state index in [-0.39, 0.29) is 11.6 Å². The molecule has 0 bridgehead atoms. The Balaban J connectivity index is 1.06. The highest BCUT2D eigenvalue weighted by atomic mass is 16.1. The number of anilines is 1. The van der Waals surface area contributed by atoms with E-state index in [1.54, 1.807) is 0 Å². The van der Waals surface area contributed by atoms with Crippen LogP contribution in [0.15, 0.2) is 91.1 Å². The van der Waals surface area contributed by atoms with Crippen LogP contribution in [0.5, 0.6) is 0 Å². The highest BCUT2D eigenvalue weighted by molar-refractivity contribution is 6.05. The summed E-state index contributed by atoms with van der Waals surface area (Å²) in [6.07, 6.45) is 3.58. The maximum Gasteiger partial charge on any atom is 0.275 e. The molecule has 0 fully saturated rings. The van der Waals surface area contributed by atoms with Crippen LogP contribution in [-0.2, 0) is 19.4 Å². The number of rotatable bonds is 7. The third-order valence-electron chi connectivity index (χ3n) is 8.31. The minimum atomic E-state index is -0.357. The smallest absolute Gasteiger partial charge is 0.275 e. The lowest BCUT2D eigenvalue weighted by Gasteiger charge is -2.28. The molecule has 4 aromatic carbocycles. The number of fused-ring (bicyclic) bond motifs is 2. The van der Waals surface area contributed by atoms with E-state index in [1.807, 2.05) is 62.4 Å². The quantitative estimate of drug-likeness (QED) is 0.257. The number of aromatic nitrogens is 6. The van der Waals surface area contributed by atoms with Gasteiger partial charge in [-0.05, 0) is 96.1 Å². The Morgan fingerprint density at radius 1 is 0.886 bits per heavy atom. The van der Waals surface area contributed by atoms with Gasteiger partial charge in [0, 0.05) is 25.2 Å². The summed E-state index contributed by atoms with van der Waals surface area (Å²) in [6.45, 7) is 7.14. The van der Waals surface area contributed by atoms with Gasteiger partial charge in [0.05, 0.1) is 28.6 Å². The van der Waals surface area contributed by atoms with Crippen LogP contribution >= 0.6 is 0 Å². The topological polar surface area (TPSA) is 102 Å². The largest absolute Gasteiger partial charge is 0.320 e. The van der Waals surface area contributed by atoms with Crippen molar-refractivity contribution in [3.8, 4) is 17.1 Å². The summed E-state index contributed by atoms with van der Waals surface area (Å²) in [5.41, 5.74) is 9.99. The first-order valence-electron chi connectivity index (χ1n) is 14.8. The number of nitrogens with zero attached hydrogens (tertiary/aromatic N) is 7. The first-order valence-corrected chi connectivity index (χ1v) is 14.8. The predicted molar refractivity (Wildman–Crippen MR) is 171 cm³/mol. The summed E-state index contributed by atoms with van der Waals surface area (Å²) in [5.74, 6) is 0.0620. The van der Waals surface area contributed by atoms with Crippen molar-refractivity contribution in [3.05, 3.63) is 125 Å². The molecule has 6 aromatic rings. The lowest BCUT2D eigenvalue weighted by molar-refractivity contribution is 0.102. The van der Waals surface area contributed by atoms with Crippen molar-refractivity contribution in [2.24, 2.45) is 0 Å². The number of aryl methyl sites for hydroxylation is 2. The molecule has 9 heteroatoms. The molecule has 1 aliphatic rings. The Morgan fingerprint density at radius 3 is 2.48 bits per heavy atom. The van der Waals surface area contributed by atoms with Crippen LogP contribution in [0.3, 0.4) is 0 Å². The fourth-order valence-electron chi connectivity index (χ4n) is 5.62. The van der Waals surface area contributed by atoms with Gasteiger partial charge in [0.1, 0.15) is 5.69 Å². The molecule has 7 rings (SSSR count). The SMILES string of the molecule is Cc1cc(NC(=O)c2cnc3ccccc3n2)c(-c2nnn(-c3ccc(CCN4CCc5ccccc5C4)cc3)n2)cc1C. The van der Waals surface area contributed by atoms with Gasteiger partial charge in [-0.2, -0.15) is 0 Å². The van der Waals surface area contributed by atoms with E-state index in [2.05, 4.69) is 72.0 Å². The van der Waals surface area contributed by atoms with Gasteiger partial charge < -0.3 is 5.32 Å². The molecule has 0 saturated heterocycles. The zero-order valence-electron chi connectivity index (χ0n) is 24.7. The third kappa shape index (κ3) is 5.69. The van der Waals surface area contributed by atoms with Crippen LogP contribution in [0, 0.1) is 13.8 Å². The number of tetrazole rings is 1. The predicted octanol–water partition coefficient (Wildman–Crippen LogP) is 5.74. The normalized spacial score (nSPS) is 13.1. The second-order valence-corrected chi connectivity index (χ2v) is 11.3. The monoisotopic (exact) mass is 580 g/mol. The molecule has 2 aromatic heterocycles. The summed E-state index contributed by atoms with van der Waals surface area (Å²) in [7, 11) is 0. The maximum absolute atomic E-state index is 13.2. The summed E-state index contributed by atoms with van der Waals surface area (Å²) >= 11 is 0. The molecule has 1 amide bonds. The number of para-hydroxylation sites is 2. The van der Waals surface area contributed by atoms with Gasteiger partial charge in [-0.15, -0.1) is 15.0 Å². The van der Waals surface area contributed by atoms with Crippen molar-refractivity contribution in [1.82, 2.24) is 35.1 Å². The lowest BCUT2D eigenvalue weighted by Crippen LogP contribution is -2.32. The van der Waals surface area contributed by atoms with Crippen LogP contribution in [0.4, 0.5) is 5.69 Å². The Hall–Kier alpha value is -5.28. The number of hydrogen-bond donors (Lipinski definition) is 1. The van der Waals surface area contributed by atoms with Crippen LogP contribution in [0.2, 0.25) is 0 Å². The zero-order chi connectivity index (χ0) is 30.0. The van der Waals surface area contributed by atoms with E-state index in [4.69, 9.17) is 0 Å². The molecular formula is C35H32N8O. The molecule has 0 unspecified atom stereocenters. The minimum Gasteiger partial charge on any atom is -0.320 e. The highest BCUT2D eigenvalue weighted by Crippen LogP contribution is 2.29. The summed E-state index contributed by atoms with van der Waals surface area (Å²) < 4.78 is 0. The molecule has 218 valence electrons. The van der Waals surface area contributed by atoms with E-state index in [9.17, 15) is 4.79 Å². The summed E-state index contributed by atoms with van der Waals surface area (Å²) in [4.78, 5) is 26.1. The third-order valence-corrected chi connectivity index (χ3v) is 8.31. The highest BCUT2D eigenvalue weighted by Gasteiger charge is 2.18. The van der Waals surface area contributed by atoms with Crippen LogP contribution in [0.25, 0.3) is 28.1 Å². The fraction of sp³-hybridized carbons (Fsp3) is 0.200. The zero-order valence-corrected chi connectivity index (χ0v) is 24.7. The number of amides is 1. The van der Waals surface area contributed by atoms with Gasteiger partial charge in [-0.25, -0.2) is 4.98 Å². The number of benzene rings is 4. The lowest BCUT2D eigenvalue weighted by atomic mass is 9.99. The van der Waals surface area contributed by atoms with Gasteiger partial charge in [-0.3, -0.25) is 14.7 Å². The number of nitrogens with one attached hydrogen (secondary N) is 1. The average Bonchev–Trinajstić information content (AvgIpc) is 3.55. The molecule has 0 radical (unpaired) electrons. The Labute approximate surface area is 255 Å². The van der Waals surface area contributed by atoms with Gasteiger partial charge >= 0.3 is 0 Å². The van der Waals surface area contributed by atoms with Crippen LogP contribution in [0.1, 0.15) is 38.3 Å². The molecular weight excluding hydrogens is 548 g/mol. The molecule has 0 saturated carbocycles. The number of carbonyl (C=O) groups excluding carboxylic acids is 1. The van der Waals surface area contributed by atoms with Crippen LogP contribution < -0.4 is 5.32 Å². The van der Waals surface area contributed by atoms with Gasteiger partial charge in [0.25, 0.3) is 5.91 Å². The second kappa shape index (κ2) is 11.8. The van der Waals surface area contributed by atoms with E-state index in [0.29, 0.717) is 22.6 Å². The molecule has 1 N–H and O–H groups in total. The molecule has 3 heterocycles. The van der Waals surface area contributed by atoms with Crippen molar-refractivity contribution in [1.29, 1.82) is 0 Å². The summed E-state index contributed by atoms with van der Waals surface area (Å²) in [5, 5.41) is 16.4. The molecule has 0 aliphatic carbocycles. The van der Waals surface area contributed by atoms with Gasteiger partial charge in [0.15, 0.2) is 0 Å². The Morgan fingerprint density at radius 2 is 1.64 bits per heavy atom. The number of carbonyl (C=O) groups is 1. The molecule has 9 nitrogen and oxygen atoms in total. The first kappa shape index (κ1) is 27.5.